The maximum absolute atomic E-state index is 5.39. The lowest BCUT2D eigenvalue weighted by Crippen LogP contribution is -2.38. The fraction of sp³-hybridized carbons (Fsp3) is 0.438. The van der Waals surface area contributed by atoms with E-state index >= 15 is 0 Å². The summed E-state index contributed by atoms with van der Waals surface area (Å²) in [6.07, 6.45) is 0.840. The van der Waals surface area contributed by atoms with E-state index in [1.165, 1.54) is 11.1 Å². The number of nitrogens with one attached hydrogen (secondary N) is 2. The minimum Gasteiger partial charge on any atom is -0.496 e. The standard InChI is InChI=1S/C16H23N5O2/c1-11-5-6-14(22-4)13(9-11)7-8-18-16(17-3)19-10-15-20-12(2)23-21-15/h5-6,9H,7-8,10H2,1-4H3,(H2,17,18,19). The molecule has 0 amide bonds. The first-order chi connectivity index (χ1) is 11.1. The Labute approximate surface area is 136 Å². The molecule has 7 heteroatoms. The predicted octanol–water partition coefficient (Wildman–Crippen LogP) is 1.60. The number of hydrogen-bond acceptors (Lipinski definition) is 5. The van der Waals surface area contributed by atoms with Crippen molar-refractivity contribution in [2.75, 3.05) is 20.7 Å². The number of methoxy groups -OCH3 is 1. The summed E-state index contributed by atoms with van der Waals surface area (Å²) >= 11 is 0. The van der Waals surface area contributed by atoms with Crippen LogP contribution in [-0.2, 0) is 13.0 Å². The van der Waals surface area contributed by atoms with Crippen molar-refractivity contribution in [3.8, 4) is 5.75 Å². The molecule has 7 nitrogen and oxygen atoms in total. The summed E-state index contributed by atoms with van der Waals surface area (Å²) in [5.74, 6) is 2.75. The third-order valence-corrected chi connectivity index (χ3v) is 3.33. The number of aliphatic imine (C=N–C) groups is 1. The normalized spacial score (nSPS) is 11.4. The summed E-state index contributed by atoms with van der Waals surface area (Å²) in [6.45, 7) is 5.04. The van der Waals surface area contributed by atoms with Crippen molar-refractivity contribution < 1.29 is 9.26 Å². The summed E-state index contributed by atoms with van der Waals surface area (Å²) in [5.41, 5.74) is 2.39. The highest BCUT2D eigenvalue weighted by Crippen LogP contribution is 2.19. The molecule has 0 atom stereocenters. The molecule has 2 N–H and O–H groups in total. The molecule has 0 unspecified atom stereocenters. The van der Waals surface area contributed by atoms with Gasteiger partial charge in [-0.25, -0.2) is 0 Å². The number of ether oxygens (including phenoxy) is 1. The monoisotopic (exact) mass is 317 g/mol. The van der Waals surface area contributed by atoms with E-state index in [1.54, 1.807) is 21.1 Å². The fourth-order valence-corrected chi connectivity index (χ4v) is 2.21. The molecular weight excluding hydrogens is 294 g/mol. The Morgan fingerprint density at radius 2 is 2.13 bits per heavy atom. The number of rotatable bonds is 6. The lowest BCUT2D eigenvalue weighted by molar-refractivity contribution is 0.387. The van der Waals surface area contributed by atoms with Crippen LogP contribution in [0, 0.1) is 13.8 Å². The second-order valence-corrected chi connectivity index (χ2v) is 5.15. The Bertz CT molecular complexity index is 666. The zero-order valence-corrected chi connectivity index (χ0v) is 14.0. The lowest BCUT2D eigenvalue weighted by Gasteiger charge is -2.12. The molecule has 2 rings (SSSR count). The average Bonchev–Trinajstić information content (AvgIpc) is 2.96. The fourth-order valence-electron chi connectivity index (χ4n) is 2.21. The van der Waals surface area contributed by atoms with Gasteiger partial charge in [0.05, 0.1) is 13.7 Å². The van der Waals surface area contributed by atoms with Gasteiger partial charge >= 0.3 is 0 Å². The van der Waals surface area contributed by atoms with E-state index in [-0.39, 0.29) is 0 Å². The third kappa shape index (κ3) is 4.98. The second kappa shape index (κ2) is 8.17. The highest BCUT2D eigenvalue weighted by Gasteiger charge is 2.06. The van der Waals surface area contributed by atoms with Crippen LogP contribution in [0.15, 0.2) is 27.7 Å². The maximum atomic E-state index is 5.39. The molecule has 0 aliphatic rings. The molecule has 1 aromatic carbocycles. The van der Waals surface area contributed by atoms with Crippen LogP contribution in [0.4, 0.5) is 0 Å². The van der Waals surface area contributed by atoms with E-state index in [1.807, 2.05) is 12.1 Å². The zero-order chi connectivity index (χ0) is 16.7. The van der Waals surface area contributed by atoms with Gasteiger partial charge < -0.3 is 19.9 Å². The minimum absolute atomic E-state index is 0.463. The molecule has 0 saturated heterocycles. The van der Waals surface area contributed by atoms with Crippen molar-refractivity contribution in [1.82, 2.24) is 20.8 Å². The van der Waals surface area contributed by atoms with E-state index in [0.29, 0.717) is 24.2 Å². The average molecular weight is 317 g/mol. The first kappa shape index (κ1) is 16.8. The van der Waals surface area contributed by atoms with Crippen LogP contribution in [-0.4, -0.2) is 36.8 Å². The maximum Gasteiger partial charge on any atom is 0.223 e. The summed E-state index contributed by atoms with van der Waals surface area (Å²) in [5, 5.41) is 10.2. The van der Waals surface area contributed by atoms with Gasteiger partial charge in [0, 0.05) is 20.5 Å². The third-order valence-electron chi connectivity index (χ3n) is 3.33. The molecule has 2 aromatic rings. The van der Waals surface area contributed by atoms with Crippen molar-refractivity contribution in [1.29, 1.82) is 0 Å². The van der Waals surface area contributed by atoms with Gasteiger partial charge in [-0.3, -0.25) is 4.99 Å². The molecule has 0 fully saturated rings. The van der Waals surface area contributed by atoms with Gasteiger partial charge in [-0.05, 0) is 25.0 Å². The Hall–Kier alpha value is -2.57. The van der Waals surface area contributed by atoms with Crippen LogP contribution in [0.2, 0.25) is 0 Å². The Morgan fingerprint density at radius 1 is 1.30 bits per heavy atom. The van der Waals surface area contributed by atoms with E-state index < -0.39 is 0 Å². The van der Waals surface area contributed by atoms with Crippen LogP contribution in [0.5, 0.6) is 5.75 Å². The van der Waals surface area contributed by atoms with Crippen molar-refractivity contribution in [3.63, 3.8) is 0 Å². The summed E-state index contributed by atoms with van der Waals surface area (Å²) in [4.78, 5) is 8.32. The van der Waals surface area contributed by atoms with Crippen LogP contribution in [0.1, 0.15) is 22.8 Å². The number of aromatic nitrogens is 2. The van der Waals surface area contributed by atoms with Crippen molar-refractivity contribution >= 4 is 5.96 Å². The molecule has 0 saturated carbocycles. The molecule has 23 heavy (non-hydrogen) atoms. The van der Waals surface area contributed by atoms with Gasteiger partial charge in [-0.15, -0.1) is 0 Å². The van der Waals surface area contributed by atoms with Crippen LogP contribution in [0.25, 0.3) is 0 Å². The summed E-state index contributed by atoms with van der Waals surface area (Å²) in [6, 6.07) is 6.18. The Morgan fingerprint density at radius 3 is 2.78 bits per heavy atom. The Balaban J connectivity index is 1.83. The molecule has 1 heterocycles. The molecule has 0 aliphatic carbocycles. The second-order valence-electron chi connectivity index (χ2n) is 5.15. The van der Waals surface area contributed by atoms with E-state index in [9.17, 15) is 0 Å². The van der Waals surface area contributed by atoms with Gasteiger partial charge in [0.1, 0.15) is 5.75 Å². The number of benzene rings is 1. The zero-order valence-electron chi connectivity index (χ0n) is 14.0. The number of hydrogen-bond donors (Lipinski definition) is 2. The van der Waals surface area contributed by atoms with Gasteiger partial charge in [-0.1, -0.05) is 22.9 Å². The molecule has 0 radical (unpaired) electrons. The van der Waals surface area contributed by atoms with Crippen molar-refractivity contribution in [2.45, 2.75) is 26.8 Å². The van der Waals surface area contributed by atoms with Gasteiger partial charge in [0.25, 0.3) is 0 Å². The van der Waals surface area contributed by atoms with Gasteiger partial charge in [0.15, 0.2) is 11.8 Å². The molecule has 0 aliphatic heterocycles. The highest BCUT2D eigenvalue weighted by atomic mass is 16.5. The smallest absolute Gasteiger partial charge is 0.223 e. The molecular formula is C16H23N5O2. The van der Waals surface area contributed by atoms with Crippen LogP contribution in [0.3, 0.4) is 0 Å². The van der Waals surface area contributed by atoms with Crippen molar-refractivity contribution in [3.05, 3.63) is 41.0 Å². The largest absolute Gasteiger partial charge is 0.496 e. The molecule has 124 valence electrons. The van der Waals surface area contributed by atoms with Crippen molar-refractivity contribution in [2.24, 2.45) is 4.99 Å². The van der Waals surface area contributed by atoms with E-state index in [2.05, 4.69) is 38.8 Å². The first-order valence-corrected chi connectivity index (χ1v) is 7.49. The quantitative estimate of drug-likeness (QED) is 0.622. The molecule has 0 bridgehead atoms. The van der Waals surface area contributed by atoms with Gasteiger partial charge in [0.2, 0.25) is 5.89 Å². The summed E-state index contributed by atoms with van der Waals surface area (Å²) in [7, 11) is 3.42. The Kier molecular flexibility index (Phi) is 5.96. The topological polar surface area (TPSA) is 84.6 Å². The lowest BCUT2D eigenvalue weighted by atomic mass is 10.1. The van der Waals surface area contributed by atoms with Crippen LogP contribution < -0.4 is 15.4 Å². The highest BCUT2D eigenvalue weighted by molar-refractivity contribution is 5.79. The summed E-state index contributed by atoms with van der Waals surface area (Å²) < 4.78 is 10.3. The van der Waals surface area contributed by atoms with Crippen LogP contribution >= 0.6 is 0 Å². The number of guanidine groups is 1. The van der Waals surface area contributed by atoms with E-state index in [4.69, 9.17) is 9.26 Å². The molecule has 0 spiro atoms. The van der Waals surface area contributed by atoms with E-state index in [0.717, 1.165) is 18.7 Å². The molecule has 1 aromatic heterocycles. The minimum atomic E-state index is 0.463. The SMILES string of the molecule is CN=C(NCCc1cc(C)ccc1OC)NCc1noc(C)n1. The van der Waals surface area contributed by atoms with Gasteiger partial charge in [-0.2, -0.15) is 4.98 Å². The first-order valence-electron chi connectivity index (χ1n) is 7.49. The predicted molar refractivity (Wildman–Crippen MR) is 88.7 cm³/mol. The number of nitrogens with zero attached hydrogens (tertiary/aromatic N) is 3. The number of aryl methyl sites for hydroxylation is 2.